The van der Waals surface area contributed by atoms with Crippen molar-refractivity contribution in [1.82, 2.24) is 0 Å². The summed E-state index contributed by atoms with van der Waals surface area (Å²) in [5.74, 6) is -0.885. The van der Waals surface area contributed by atoms with E-state index in [4.69, 9.17) is 9.47 Å². The zero-order chi connectivity index (χ0) is 45.8. The second-order valence-corrected chi connectivity index (χ2v) is 19.9. The maximum absolute atomic E-state index is 7.72. The van der Waals surface area contributed by atoms with Gasteiger partial charge in [0.2, 0.25) is 0 Å². The lowest BCUT2D eigenvalue weighted by molar-refractivity contribution is -0.952. The minimum absolute atomic E-state index is 0. The Morgan fingerprint density at radius 3 is 0.812 bits per heavy atom. The van der Waals surface area contributed by atoms with Crippen LogP contribution in [0.5, 0.6) is 0 Å². The molecule has 2 fully saturated rings. The van der Waals surface area contributed by atoms with E-state index in [-0.39, 0.29) is 17.0 Å². The molecule has 69 heavy (non-hydrogen) atoms. The number of hydrogen-bond donors (Lipinski definition) is 0. The highest BCUT2D eigenvalue weighted by atomic mass is 79.9. The van der Waals surface area contributed by atoms with E-state index in [0.29, 0.717) is 0 Å². The molecule has 0 aliphatic carbocycles. The topological polar surface area (TPSA) is 18.5 Å². The summed E-state index contributed by atoms with van der Waals surface area (Å²) in [7, 11) is 0. The van der Waals surface area contributed by atoms with Gasteiger partial charge in [-0.05, 0) is 80.6 Å². The summed E-state index contributed by atoms with van der Waals surface area (Å²) in [5, 5.41) is 0. The van der Waals surface area contributed by atoms with Crippen molar-refractivity contribution in [2.75, 3.05) is 13.1 Å². The van der Waals surface area contributed by atoms with Crippen LogP contribution in [0.25, 0.3) is 44.5 Å². The summed E-state index contributed by atoms with van der Waals surface area (Å²) in [6.45, 7) is 7.67. The van der Waals surface area contributed by atoms with Crippen molar-refractivity contribution in [3.63, 3.8) is 0 Å². The summed E-state index contributed by atoms with van der Waals surface area (Å²) in [5.41, 5.74) is 16.1. The first-order chi connectivity index (χ1) is 33.3. The van der Waals surface area contributed by atoms with Crippen LogP contribution in [0.4, 0.5) is 0 Å². The van der Waals surface area contributed by atoms with Gasteiger partial charge in [-0.3, -0.25) is 0 Å². The van der Waals surface area contributed by atoms with Crippen molar-refractivity contribution < 1.29 is 30.9 Å². The Hall–Kier alpha value is -6.66. The standard InChI is InChI=1S/C65H56NO2.BrH/c1-63(2)67-61-62(68-63)65(59-39-31-53(32-40-59)49-21-11-5-12-22-49,60-41-33-54(34-42-60)50-23-13-6-14-24-50)46-66(43-55-25-15-16-26-56(55)44-66)45-64(61,57-35-27-51(28-36-57)47-17-7-3-8-18-47)58-37-29-52(30-38-58)48-19-9-4-10-20-48;/h3-42,61-62H,43-46H2,1-2H3;1H/q+1;/p-1/t61-,62-;/m1./s1. The third kappa shape index (κ3) is 8.00. The molecule has 340 valence electrons. The van der Waals surface area contributed by atoms with Crippen LogP contribution in [0.2, 0.25) is 0 Å². The summed E-state index contributed by atoms with van der Waals surface area (Å²) in [6.07, 6.45) is -0.794. The molecule has 3 aliphatic rings. The maximum atomic E-state index is 7.72. The first-order valence-corrected chi connectivity index (χ1v) is 24.2. The van der Waals surface area contributed by atoms with E-state index in [1.165, 1.54) is 77.9 Å². The number of benzene rings is 9. The number of hydrogen-bond acceptors (Lipinski definition) is 2. The molecule has 0 radical (unpaired) electrons. The maximum Gasteiger partial charge on any atom is 0.163 e. The van der Waals surface area contributed by atoms with Crippen LogP contribution in [0, 0.1) is 0 Å². The van der Waals surface area contributed by atoms with Gasteiger partial charge >= 0.3 is 0 Å². The number of rotatable bonds is 8. The van der Waals surface area contributed by atoms with E-state index >= 15 is 0 Å². The van der Waals surface area contributed by atoms with Crippen LogP contribution >= 0.6 is 0 Å². The lowest BCUT2D eigenvalue weighted by Gasteiger charge is -2.46. The van der Waals surface area contributed by atoms with E-state index in [1.54, 1.807) is 0 Å². The SMILES string of the molecule is CC1(C)O[C@@H]2[C@@H](O1)C(c1ccc(-c3ccccc3)cc1)(c1ccc(-c3ccccc3)cc1)C[N+]1(Cc3ccccc3C1)CC2(c1ccc(-c2ccccc2)cc1)c1ccc(-c2ccccc2)cc1.[Br-]. The molecule has 1 spiro atoms. The molecule has 2 atom stereocenters. The van der Waals surface area contributed by atoms with Crippen molar-refractivity contribution in [3.05, 3.63) is 276 Å². The molecule has 2 saturated heterocycles. The van der Waals surface area contributed by atoms with Gasteiger partial charge in [0.05, 0.1) is 23.9 Å². The highest BCUT2D eigenvalue weighted by molar-refractivity contribution is 5.69. The van der Waals surface area contributed by atoms with Gasteiger partial charge in [-0.1, -0.05) is 243 Å². The molecule has 0 unspecified atom stereocenters. The normalized spacial score (nSPS) is 19.2. The average Bonchev–Trinajstić information content (AvgIpc) is 3.92. The average molecular weight is 963 g/mol. The predicted octanol–water partition coefficient (Wildman–Crippen LogP) is 11.7. The zero-order valence-electron chi connectivity index (χ0n) is 39.2. The Morgan fingerprint density at radius 1 is 0.319 bits per heavy atom. The number of ether oxygens (including phenoxy) is 2. The van der Waals surface area contributed by atoms with Crippen molar-refractivity contribution in [3.8, 4) is 44.5 Å². The Morgan fingerprint density at radius 2 is 0.551 bits per heavy atom. The lowest BCUT2D eigenvalue weighted by atomic mass is 9.62. The largest absolute Gasteiger partial charge is 1.00 e. The van der Waals surface area contributed by atoms with E-state index in [9.17, 15) is 0 Å². The van der Waals surface area contributed by atoms with Gasteiger partial charge in [-0.25, -0.2) is 0 Å². The van der Waals surface area contributed by atoms with Crippen molar-refractivity contribution in [1.29, 1.82) is 0 Å². The van der Waals surface area contributed by atoms with Crippen LogP contribution in [0.15, 0.2) is 243 Å². The summed E-state index contributed by atoms with van der Waals surface area (Å²) >= 11 is 0. The second kappa shape index (κ2) is 18.0. The summed E-state index contributed by atoms with van der Waals surface area (Å²) in [6, 6.07) is 89.9. The highest BCUT2D eigenvalue weighted by Crippen LogP contribution is 2.58. The Bertz CT molecular complexity index is 2790. The molecule has 9 aromatic carbocycles. The Labute approximate surface area is 418 Å². The number of fused-ring (bicyclic) bond motifs is 2. The molecule has 0 saturated carbocycles. The van der Waals surface area contributed by atoms with Gasteiger partial charge < -0.3 is 30.9 Å². The molecule has 4 heteroatoms. The van der Waals surface area contributed by atoms with Crippen molar-refractivity contribution in [2.45, 2.75) is 55.8 Å². The number of nitrogens with zero attached hydrogens (tertiary/aromatic N) is 1. The van der Waals surface area contributed by atoms with Gasteiger partial charge in [0.25, 0.3) is 0 Å². The van der Waals surface area contributed by atoms with E-state index in [2.05, 4.69) is 257 Å². The van der Waals surface area contributed by atoms with E-state index < -0.39 is 28.8 Å². The van der Waals surface area contributed by atoms with Gasteiger partial charge in [0.15, 0.2) is 5.79 Å². The van der Waals surface area contributed by atoms with Crippen molar-refractivity contribution >= 4 is 0 Å². The predicted molar refractivity (Wildman–Crippen MR) is 277 cm³/mol. The summed E-state index contributed by atoms with van der Waals surface area (Å²) < 4.78 is 16.3. The van der Waals surface area contributed by atoms with Gasteiger partial charge in [-0.2, -0.15) is 0 Å². The fourth-order valence-corrected chi connectivity index (χ4v) is 12.4. The van der Waals surface area contributed by atoms with Crippen molar-refractivity contribution in [2.24, 2.45) is 0 Å². The third-order valence-corrected chi connectivity index (χ3v) is 15.4. The van der Waals surface area contributed by atoms with Crippen LogP contribution in [0.3, 0.4) is 0 Å². The van der Waals surface area contributed by atoms with E-state index in [0.717, 1.165) is 30.7 Å². The quantitative estimate of drug-likeness (QED) is 0.141. The molecule has 0 N–H and O–H groups in total. The molecule has 12 rings (SSSR count). The number of halogens is 1. The first kappa shape index (κ1) is 44.8. The smallest absolute Gasteiger partial charge is 0.163 e. The minimum atomic E-state index is -0.885. The molecule has 0 aromatic heterocycles. The highest BCUT2D eigenvalue weighted by Gasteiger charge is 2.69. The molecular formula is C65H56BrNO2. The van der Waals surface area contributed by atoms with Crippen LogP contribution < -0.4 is 17.0 Å². The zero-order valence-corrected chi connectivity index (χ0v) is 40.8. The molecule has 0 bridgehead atoms. The molecule has 3 aliphatic heterocycles. The van der Waals surface area contributed by atoms with E-state index in [1.807, 2.05) is 0 Å². The molecule has 3 heterocycles. The van der Waals surface area contributed by atoms with Gasteiger partial charge in [-0.15, -0.1) is 0 Å². The van der Waals surface area contributed by atoms with Crippen LogP contribution in [0.1, 0.15) is 47.2 Å². The number of quaternary nitrogens is 1. The fraction of sp³-hybridized carbons (Fsp3) is 0.169. The molecule has 0 amide bonds. The summed E-state index contributed by atoms with van der Waals surface area (Å²) in [4.78, 5) is 0. The Balaban J connectivity index is 0.00000520. The molecule has 3 nitrogen and oxygen atoms in total. The lowest BCUT2D eigenvalue weighted by Crippen LogP contribution is -3.00. The van der Waals surface area contributed by atoms with Gasteiger partial charge in [0.1, 0.15) is 25.3 Å². The minimum Gasteiger partial charge on any atom is -1.00 e. The Kier molecular flexibility index (Phi) is 11.7. The molecule has 9 aromatic rings. The third-order valence-electron chi connectivity index (χ3n) is 15.4. The van der Waals surface area contributed by atoms with Gasteiger partial charge in [0, 0.05) is 11.1 Å². The monoisotopic (exact) mass is 961 g/mol. The second-order valence-electron chi connectivity index (χ2n) is 19.9. The van der Waals surface area contributed by atoms with Crippen LogP contribution in [-0.2, 0) is 33.4 Å². The first-order valence-electron chi connectivity index (χ1n) is 24.2. The molecular weight excluding hydrogens is 907 g/mol. The van der Waals surface area contributed by atoms with Crippen LogP contribution in [-0.4, -0.2) is 35.6 Å². The fourth-order valence-electron chi connectivity index (χ4n) is 12.4.